The Bertz CT molecular complexity index is 738. The topological polar surface area (TPSA) is 85.9 Å². The SMILES string of the molecule is CSc1nnc(-c2ccc([N+](=O)[O-])cc2C2CCCCCN2)n1C. The molecule has 1 aliphatic rings. The highest BCUT2D eigenvalue weighted by Gasteiger charge is 2.23. The Balaban J connectivity index is 2.10. The lowest BCUT2D eigenvalue weighted by Gasteiger charge is -2.19. The van der Waals surface area contributed by atoms with Crippen LogP contribution >= 0.6 is 11.8 Å². The summed E-state index contributed by atoms with van der Waals surface area (Å²) in [5.41, 5.74) is 1.97. The van der Waals surface area contributed by atoms with Crippen LogP contribution in [0.5, 0.6) is 0 Å². The summed E-state index contributed by atoms with van der Waals surface area (Å²) in [6, 6.07) is 5.14. The van der Waals surface area contributed by atoms with Crippen molar-refractivity contribution in [1.29, 1.82) is 0 Å². The van der Waals surface area contributed by atoms with E-state index in [-0.39, 0.29) is 16.7 Å². The molecule has 0 radical (unpaired) electrons. The van der Waals surface area contributed by atoms with E-state index in [1.165, 1.54) is 18.2 Å². The number of non-ortho nitro benzene ring substituents is 1. The van der Waals surface area contributed by atoms with Crippen molar-refractivity contribution in [2.45, 2.75) is 36.9 Å². The first-order valence-electron chi connectivity index (χ1n) is 8.07. The van der Waals surface area contributed by atoms with E-state index in [1.807, 2.05) is 17.9 Å². The van der Waals surface area contributed by atoms with Gasteiger partial charge in [0.25, 0.3) is 5.69 Å². The maximum absolute atomic E-state index is 11.2. The molecule has 1 N–H and O–H groups in total. The molecule has 8 heteroatoms. The Hall–Kier alpha value is -1.93. The van der Waals surface area contributed by atoms with E-state index in [2.05, 4.69) is 15.5 Å². The summed E-state index contributed by atoms with van der Waals surface area (Å²) in [5.74, 6) is 0.746. The molecule has 0 aliphatic carbocycles. The van der Waals surface area contributed by atoms with E-state index < -0.39 is 0 Å². The first-order chi connectivity index (χ1) is 11.6. The molecule has 0 spiro atoms. The summed E-state index contributed by atoms with van der Waals surface area (Å²) in [6.07, 6.45) is 6.38. The molecule has 2 heterocycles. The minimum absolute atomic E-state index is 0.108. The number of rotatable bonds is 4. The van der Waals surface area contributed by atoms with Gasteiger partial charge in [0.15, 0.2) is 11.0 Å². The van der Waals surface area contributed by atoms with Gasteiger partial charge in [-0.2, -0.15) is 0 Å². The number of thioether (sulfide) groups is 1. The molecule has 1 fully saturated rings. The average Bonchev–Trinajstić information content (AvgIpc) is 2.78. The summed E-state index contributed by atoms with van der Waals surface area (Å²) in [7, 11) is 1.92. The van der Waals surface area contributed by atoms with Crippen molar-refractivity contribution in [3.63, 3.8) is 0 Å². The van der Waals surface area contributed by atoms with Crippen molar-refractivity contribution >= 4 is 17.4 Å². The third-order valence-corrected chi connectivity index (χ3v) is 5.16. The number of nitrogens with one attached hydrogen (secondary N) is 1. The normalized spacial score (nSPS) is 18.3. The zero-order valence-electron chi connectivity index (χ0n) is 13.9. The van der Waals surface area contributed by atoms with Crippen molar-refractivity contribution < 1.29 is 4.92 Å². The molecular weight excluding hydrogens is 326 g/mol. The van der Waals surface area contributed by atoms with Crippen LogP contribution in [0.25, 0.3) is 11.4 Å². The largest absolute Gasteiger partial charge is 0.310 e. The van der Waals surface area contributed by atoms with Crippen LogP contribution in [0.2, 0.25) is 0 Å². The van der Waals surface area contributed by atoms with Crippen molar-refractivity contribution in [3.8, 4) is 11.4 Å². The number of aromatic nitrogens is 3. The minimum Gasteiger partial charge on any atom is -0.310 e. The number of hydrogen-bond acceptors (Lipinski definition) is 6. The molecule has 1 unspecified atom stereocenters. The predicted molar refractivity (Wildman–Crippen MR) is 94.1 cm³/mol. The van der Waals surface area contributed by atoms with Crippen LogP contribution in [0, 0.1) is 10.1 Å². The van der Waals surface area contributed by atoms with Crippen LogP contribution < -0.4 is 5.32 Å². The highest BCUT2D eigenvalue weighted by atomic mass is 32.2. The van der Waals surface area contributed by atoms with Crippen molar-refractivity contribution in [2.24, 2.45) is 7.05 Å². The standard InChI is InChI=1S/C16H21N5O2S/c1-20-15(18-19-16(20)24-2)12-8-7-11(21(22)23)10-13(12)14-6-4-3-5-9-17-14/h7-8,10,14,17H,3-6,9H2,1-2H3. The fraction of sp³-hybridized carbons (Fsp3) is 0.500. The fourth-order valence-electron chi connectivity index (χ4n) is 3.18. The molecule has 0 bridgehead atoms. The Kier molecular flexibility index (Phi) is 5.15. The van der Waals surface area contributed by atoms with Gasteiger partial charge < -0.3 is 9.88 Å². The summed E-state index contributed by atoms with van der Waals surface area (Å²) < 4.78 is 1.94. The molecule has 1 aliphatic heterocycles. The lowest BCUT2D eigenvalue weighted by atomic mass is 9.95. The number of nitro benzene ring substituents is 1. The van der Waals surface area contributed by atoms with Crippen molar-refractivity contribution in [2.75, 3.05) is 12.8 Å². The lowest BCUT2D eigenvalue weighted by Crippen LogP contribution is -2.21. The monoisotopic (exact) mass is 347 g/mol. The lowest BCUT2D eigenvalue weighted by molar-refractivity contribution is -0.384. The van der Waals surface area contributed by atoms with Gasteiger partial charge in [-0.3, -0.25) is 10.1 Å². The summed E-state index contributed by atoms with van der Waals surface area (Å²) >= 11 is 1.53. The van der Waals surface area contributed by atoms with Crippen LogP contribution in [0.3, 0.4) is 0 Å². The number of nitrogens with zero attached hydrogens (tertiary/aromatic N) is 4. The predicted octanol–water partition coefficient (Wildman–Crippen LogP) is 3.32. The molecule has 0 amide bonds. The zero-order chi connectivity index (χ0) is 17.1. The number of hydrogen-bond donors (Lipinski definition) is 1. The first-order valence-corrected chi connectivity index (χ1v) is 9.29. The first kappa shape index (κ1) is 16.9. The van der Waals surface area contributed by atoms with Crippen LogP contribution in [0.1, 0.15) is 37.3 Å². The molecular formula is C16H21N5O2S. The average molecular weight is 347 g/mol. The van der Waals surface area contributed by atoms with Gasteiger partial charge in [-0.25, -0.2) is 0 Å². The number of nitro groups is 1. The van der Waals surface area contributed by atoms with Gasteiger partial charge in [-0.1, -0.05) is 24.6 Å². The molecule has 1 aromatic carbocycles. The van der Waals surface area contributed by atoms with Gasteiger partial charge in [0, 0.05) is 30.8 Å². The second-order valence-electron chi connectivity index (χ2n) is 5.95. The minimum atomic E-state index is -0.339. The van der Waals surface area contributed by atoms with Crippen molar-refractivity contribution in [1.82, 2.24) is 20.1 Å². The molecule has 0 saturated carbocycles. The fourth-order valence-corrected chi connectivity index (χ4v) is 3.66. The third kappa shape index (κ3) is 3.29. The molecule has 1 saturated heterocycles. The third-order valence-electron chi connectivity index (χ3n) is 4.44. The molecule has 7 nitrogen and oxygen atoms in total. The van der Waals surface area contributed by atoms with Gasteiger partial charge in [0.05, 0.1) is 4.92 Å². The second kappa shape index (κ2) is 7.31. The molecule has 3 rings (SSSR count). The van der Waals surface area contributed by atoms with Crippen LogP contribution in [0.4, 0.5) is 5.69 Å². The summed E-state index contributed by atoms with van der Waals surface area (Å²) in [5, 5.41) is 24.1. The van der Waals surface area contributed by atoms with Crippen LogP contribution in [-0.4, -0.2) is 32.5 Å². The Labute approximate surface area is 145 Å². The number of benzene rings is 1. The second-order valence-corrected chi connectivity index (χ2v) is 6.73. The highest BCUT2D eigenvalue weighted by Crippen LogP contribution is 2.34. The van der Waals surface area contributed by atoms with Gasteiger partial charge in [0.2, 0.25) is 0 Å². The van der Waals surface area contributed by atoms with E-state index in [0.29, 0.717) is 0 Å². The van der Waals surface area contributed by atoms with E-state index in [9.17, 15) is 10.1 Å². The Morgan fingerprint density at radius 1 is 1.33 bits per heavy atom. The van der Waals surface area contributed by atoms with E-state index in [0.717, 1.165) is 47.9 Å². The molecule has 128 valence electrons. The maximum atomic E-state index is 11.2. The van der Waals surface area contributed by atoms with Crippen LogP contribution in [-0.2, 0) is 7.05 Å². The summed E-state index contributed by atoms with van der Waals surface area (Å²) in [4.78, 5) is 10.9. The van der Waals surface area contributed by atoms with E-state index >= 15 is 0 Å². The van der Waals surface area contributed by atoms with Crippen LogP contribution in [0.15, 0.2) is 23.4 Å². The molecule has 2 aromatic rings. The smallest absolute Gasteiger partial charge is 0.269 e. The van der Waals surface area contributed by atoms with Gasteiger partial charge >= 0.3 is 0 Å². The summed E-state index contributed by atoms with van der Waals surface area (Å²) in [6.45, 7) is 0.932. The molecule has 1 aromatic heterocycles. The quantitative estimate of drug-likeness (QED) is 0.519. The van der Waals surface area contributed by atoms with Gasteiger partial charge in [-0.15, -0.1) is 10.2 Å². The van der Waals surface area contributed by atoms with E-state index in [4.69, 9.17) is 0 Å². The Morgan fingerprint density at radius 2 is 2.17 bits per heavy atom. The molecule has 24 heavy (non-hydrogen) atoms. The maximum Gasteiger partial charge on any atom is 0.269 e. The van der Waals surface area contributed by atoms with E-state index in [1.54, 1.807) is 18.2 Å². The highest BCUT2D eigenvalue weighted by molar-refractivity contribution is 7.98. The zero-order valence-corrected chi connectivity index (χ0v) is 14.7. The van der Waals surface area contributed by atoms with Gasteiger partial charge in [-0.05, 0) is 37.3 Å². The van der Waals surface area contributed by atoms with Crippen molar-refractivity contribution in [3.05, 3.63) is 33.9 Å². The van der Waals surface area contributed by atoms with Gasteiger partial charge in [0.1, 0.15) is 0 Å². The molecule has 1 atom stereocenters. The Morgan fingerprint density at radius 3 is 2.88 bits per heavy atom.